The molecule has 1 aromatic carbocycles. The number of fused-ring (bicyclic) bond motifs is 1. The average Bonchev–Trinajstić information content (AvgIpc) is 3.07. The number of halogens is 2. The van der Waals surface area contributed by atoms with Crippen LogP contribution >= 0.6 is 23.2 Å². The van der Waals surface area contributed by atoms with Crippen LogP contribution in [0.3, 0.4) is 0 Å². The fourth-order valence-electron chi connectivity index (χ4n) is 3.67. The van der Waals surface area contributed by atoms with Crippen molar-refractivity contribution < 1.29 is 5.11 Å². The fraction of sp³-hybridized carbons (Fsp3) is 0.600. The van der Waals surface area contributed by atoms with Crippen LogP contribution in [-0.2, 0) is 6.42 Å². The predicted molar refractivity (Wildman–Crippen MR) is 75.1 cm³/mol. The van der Waals surface area contributed by atoms with Gasteiger partial charge in [0, 0.05) is 16.5 Å². The number of aliphatic hydroxyl groups excluding tert-OH is 1. The first kappa shape index (κ1) is 12.8. The zero-order valence-electron chi connectivity index (χ0n) is 10.3. The van der Waals surface area contributed by atoms with E-state index in [0.717, 1.165) is 17.4 Å². The van der Waals surface area contributed by atoms with Gasteiger partial charge in [0.1, 0.15) is 0 Å². The molecule has 0 spiro atoms. The summed E-state index contributed by atoms with van der Waals surface area (Å²) in [4.78, 5) is 0. The Kier molecular flexibility index (Phi) is 3.57. The zero-order valence-corrected chi connectivity index (χ0v) is 11.8. The van der Waals surface area contributed by atoms with Gasteiger partial charge >= 0.3 is 0 Å². The molecule has 3 rings (SSSR count). The highest BCUT2D eigenvalue weighted by molar-refractivity contribution is 6.35. The summed E-state index contributed by atoms with van der Waals surface area (Å²) in [7, 11) is 0. The molecule has 3 heteroatoms. The van der Waals surface area contributed by atoms with Gasteiger partial charge in [-0.25, -0.2) is 0 Å². The fourth-order valence-corrected chi connectivity index (χ4v) is 4.15. The third-order valence-electron chi connectivity index (χ3n) is 4.61. The van der Waals surface area contributed by atoms with Crippen molar-refractivity contribution in [3.8, 4) is 0 Å². The monoisotopic (exact) mass is 284 g/mol. The van der Waals surface area contributed by atoms with E-state index >= 15 is 0 Å². The Balaban J connectivity index is 1.66. The molecule has 0 bridgehead atoms. The molecule has 1 aromatic rings. The maximum atomic E-state index is 10.4. The van der Waals surface area contributed by atoms with E-state index in [0.29, 0.717) is 22.4 Å². The smallest absolute Gasteiger partial charge is 0.0614 e. The third-order valence-corrected chi connectivity index (χ3v) is 5.20. The quantitative estimate of drug-likeness (QED) is 0.876. The second-order valence-corrected chi connectivity index (χ2v) is 6.54. The first-order valence-corrected chi connectivity index (χ1v) is 7.54. The summed E-state index contributed by atoms with van der Waals surface area (Å²) in [6.07, 6.45) is 5.71. The molecule has 1 N–H and O–H groups in total. The van der Waals surface area contributed by atoms with Gasteiger partial charge in [-0.2, -0.15) is 0 Å². The van der Waals surface area contributed by atoms with Gasteiger partial charge < -0.3 is 5.11 Å². The molecule has 0 saturated heterocycles. The number of hydrogen-bond acceptors (Lipinski definition) is 1. The van der Waals surface area contributed by atoms with E-state index in [9.17, 15) is 5.11 Å². The zero-order chi connectivity index (χ0) is 12.7. The number of benzene rings is 1. The van der Waals surface area contributed by atoms with Crippen molar-refractivity contribution in [1.29, 1.82) is 0 Å². The average molecular weight is 285 g/mol. The summed E-state index contributed by atoms with van der Waals surface area (Å²) in [5.41, 5.74) is 1.01. The Hall–Kier alpha value is -0.240. The van der Waals surface area contributed by atoms with Crippen LogP contribution in [0.1, 0.15) is 31.2 Å². The van der Waals surface area contributed by atoms with Crippen LogP contribution in [0.15, 0.2) is 18.2 Å². The number of aliphatic hydroxyl groups is 1. The molecule has 2 aliphatic rings. The highest BCUT2D eigenvalue weighted by atomic mass is 35.5. The second kappa shape index (κ2) is 5.03. The lowest BCUT2D eigenvalue weighted by Gasteiger charge is -2.12. The van der Waals surface area contributed by atoms with Crippen molar-refractivity contribution in [3.05, 3.63) is 33.8 Å². The van der Waals surface area contributed by atoms with Crippen LogP contribution in [0.4, 0.5) is 0 Å². The van der Waals surface area contributed by atoms with E-state index < -0.39 is 0 Å². The number of rotatable bonds is 3. The SMILES string of the molecule is OC(Cc1ccc(Cl)cc1Cl)C1C2CCCCC21. The molecule has 0 radical (unpaired) electrons. The maximum absolute atomic E-state index is 10.4. The van der Waals surface area contributed by atoms with Crippen LogP contribution in [0.2, 0.25) is 10.0 Å². The second-order valence-electron chi connectivity index (χ2n) is 5.70. The van der Waals surface area contributed by atoms with E-state index in [-0.39, 0.29) is 6.10 Å². The van der Waals surface area contributed by atoms with Crippen molar-refractivity contribution in [2.75, 3.05) is 0 Å². The van der Waals surface area contributed by atoms with E-state index in [1.807, 2.05) is 12.1 Å². The Bertz CT molecular complexity index is 434. The van der Waals surface area contributed by atoms with Gasteiger partial charge in [0.15, 0.2) is 0 Å². The van der Waals surface area contributed by atoms with E-state index in [1.54, 1.807) is 6.07 Å². The standard InChI is InChI=1S/C15H18Cl2O/c16-10-6-5-9(13(17)8-10)7-14(18)15-11-3-1-2-4-12(11)15/h5-6,8,11-12,14-15,18H,1-4,7H2. The van der Waals surface area contributed by atoms with Gasteiger partial charge in [-0.15, -0.1) is 0 Å². The topological polar surface area (TPSA) is 20.2 Å². The third kappa shape index (κ3) is 2.41. The molecule has 3 unspecified atom stereocenters. The van der Waals surface area contributed by atoms with Crippen LogP contribution < -0.4 is 0 Å². The van der Waals surface area contributed by atoms with Gasteiger partial charge in [-0.1, -0.05) is 42.1 Å². The first-order chi connectivity index (χ1) is 8.66. The Morgan fingerprint density at radius 2 is 1.83 bits per heavy atom. The summed E-state index contributed by atoms with van der Waals surface area (Å²) in [6.45, 7) is 0. The van der Waals surface area contributed by atoms with Crippen LogP contribution in [0, 0.1) is 17.8 Å². The van der Waals surface area contributed by atoms with Gasteiger partial charge in [0.2, 0.25) is 0 Å². The highest BCUT2D eigenvalue weighted by Gasteiger charge is 2.53. The van der Waals surface area contributed by atoms with Crippen LogP contribution in [0.5, 0.6) is 0 Å². The highest BCUT2D eigenvalue weighted by Crippen LogP contribution is 2.57. The van der Waals surface area contributed by atoms with Crippen molar-refractivity contribution >= 4 is 23.2 Å². The maximum Gasteiger partial charge on any atom is 0.0614 e. The molecule has 2 saturated carbocycles. The molecule has 0 aliphatic heterocycles. The molecule has 18 heavy (non-hydrogen) atoms. The lowest BCUT2D eigenvalue weighted by atomic mass is 10.0. The summed E-state index contributed by atoms with van der Waals surface area (Å²) in [5, 5.41) is 11.7. The minimum atomic E-state index is -0.239. The predicted octanol–water partition coefficient (Wildman–Crippen LogP) is 4.33. The molecule has 0 heterocycles. The van der Waals surface area contributed by atoms with Gasteiger partial charge in [0.05, 0.1) is 6.10 Å². The summed E-state index contributed by atoms with van der Waals surface area (Å²) < 4.78 is 0. The number of hydrogen-bond donors (Lipinski definition) is 1. The lowest BCUT2D eigenvalue weighted by molar-refractivity contribution is 0.140. The molecule has 3 atom stereocenters. The van der Waals surface area contributed by atoms with Crippen molar-refractivity contribution in [2.45, 2.75) is 38.2 Å². The molecule has 1 nitrogen and oxygen atoms in total. The molecule has 0 amide bonds. The molecule has 2 aliphatic carbocycles. The van der Waals surface area contributed by atoms with E-state index in [4.69, 9.17) is 23.2 Å². The lowest BCUT2D eigenvalue weighted by Crippen LogP contribution is -2.15. The molecule has 98 valence electrons. The van der Waals surface area contributed by atoms with Crippen molar-refractivity contribution in [2.24, 2.45) is 17.8 Å². The Labute approximate surface area is 118 Å². The Morgan fingerprint density at radius 3 is 2.44 bits per heavy atom. The first-order valence-electron chi connectivity index (χ1n) is 6.79. The van der Waals surface area contributed by atoms with Gasteiger partial charge in [-0.05, 0) is 48.3 Å². The summed E-state index contributed by atoms with van der Waals surface area (Å²) >= 11 is 12.0. The summed E-state index contributed by atoms with van der Waals surface area (Å²) in [5.74, 6) is 2.07. The molecule has 0 aromatic heterocycles. The molecular formula is C15H18Cl2O. The minimum Gasteiger partial charge on any atom is -0.392 e. The minimum absolute atomic E-state index is 0.239. The van der Waals surface area contributed by atoms with E-state index in [1.165, 1.54) is 25.7 Å². The Morgan fingerprint density at radius 1 is 1.17 bits per heavy atom. The van der Waals surface area contributed by atoms with Crippen LogP contribution in [0.25, 0.3) is 0 Å². The summed E-state index contributed by atoms with van der Waals surface area (Å²) in [6, 6.07) is 5.53. The van der Waals surface area contributed by atoms with E-state index in [2.05, 4.69) is 0 Å². The van der Waals surface area contributed by atoms with Gasteiger partial charge in [0.25, 0.3) is 0 Å². The molecule has 2 fully saturated rings. The normalized spacial score (nSPS) is 31.8. The largest absolute Gasteiger partial charge is 0.392 e. The van der Waals surface area contributed by atoms with Crippen LogP contribution in [-0.4, -0.2) is 11.2 Å². The van der Waals surface area contributed by atoms with Crippen molar-refractivity contribution in [1.82, 2.24) is 0 Å². The van der Waals surface area contributed by atoms with Crippen molar-refractivity contribution in [3.63, 3.8) is 0 Å². The van der Waals surface area contributed by atoms with Gasteiger partial charge in [-0.3, -0.25) is 0 Å². The molecular weight excluding hydrogens is 267 g/mol.